The first kappa shape index (κ1) is 13.5. The predicted molar refractivity (Wildman–Crippen MR) is 73.5 cm³/mol. The standard InChI is InChI=1S/C13H14FN3OS/c1-7(9-5-3-4-6-10(9)14)16-12(18)11-8(2)17-13(15)19-11/h3-7H,1-2H3,(H2,15,17)(H,16,18). The summed E-state index contributed by atoms with van der Waals surface area (Å²) in [5.41, 5.74) is 6.58. The molecule has 0 spiro atoms. The Balaban J connectivity index is 2.15. The molecule has 0 saturated heterocycles. The van der Waals surface area contributed by atoms with Crippen LogP contribution in [-0.2, 0) is 0 Å². The number of hydrogen-bond donors (Lipinski definition) is 2. The van der Waals surface area contributed by atoms with E-state index in [2.05, 4.69) is 10.3 Å². The number of nitrogens with one attached hydrogen (secondary N) is 1. The second kappa shape index (κ2) is 5.36. The van der Waals surface area contributed by atoms with E-state index >= 15 is 0 Å². The van der Waals surface area contributed by atoms with Crippen molar-refractivity contribution in [1.82, 2.24) is 10.3 Å². The topological polar surface area (TPSA) is 68.0 Å². The average Bonchev–Trinajstić information content (AvgIpc) is 2.69. The number of amides is 1. The highest BCUT2D eigenvalue weighted by atomic mass is 32.1. The van der Waals surface area contributed by atoms with Crippen LogP contribution in [0.15, 0.2) is 24.3 Å². The number of benzene rings is 1. The van der Waals surface area contributed by atoms with E-state index in [4.69, 9.17) is 5.73 Å². The molecule has 0 aliphatic rings. The summed E-state index contributed by atoms with van der Waals surface area (Å²) in [7, 11) is 0. The van der Waals surface area contributed by atoms with Gasteiger partial charge in [0.2, 0.25) is 0 Å². The Morgan fingerprint density at radius 2 is 2.16 bits per heavy atom. The van der Waals surface area contributed by atoms with Gasteiger partial charge in [-0.15, -0.1) is 0 Å². The molecule has 0 aliphatic carbocycles. The average molecular weight is 279 g/mol. The summed E-state index contributed by atoms with van der Waals surface area (Å²) < 4.78 is 13.6. The fourth-order valence-corrected chi connectivity index (χ4v) is 2.53. The number of carbonyl (C=O) groups excluding carboxylic acids is 1. The molecule has 0 bridgehead atoms. The van der Waals surface area contributed by atoms with Crippen molar-refractivity contribution in [3.63, 3.8) is 0 Å². The first-order chi connectivity index (χ1) is 8.99. The van der Waals surface area contributed by atoms with Gasteiger partial charge in [-0.05, 0) is 19.9 Å². The molecule has 100 valence electrons. The zero-order valence-electron chi connectivity index (χ0n) is 10.6. The van der Waals surface area contributed by atoms with Crippen molar-refractivity contribution in [2.45, 2.75) is 19.9 Å². The van der Waals surface area contributed by atoms with Crippen LogP contribution < -0.4 is 11.1 Å². The molecule has 1 amide bonds. The Bertz CT molecular complexity index is 612. The van der Waals surface area contributed by atoms with Gasteiger partial charge < -0.3 is 11.1 Å². The van der Waals surface area contributed by atoms with Gasteiger partial charge >= 0.3 is 0 Å². The number of hydrogen-bond acceptors (Lipinski definition) is 4. The van der Waals surface area contributed by atoms with Gasteiger partial charge in [0, 0.05) is 5.56 Å². The molecule has 2 rings (SSSR count). The van der Waals surface area contributed by atoms with Crippen molar-refractivity contribution >= 4 is 22.4 Å². The molecule has 0 aliphatic heterocycles. The number of aryl methyl sites for hydroxylation is 1. The zero-order chi connectivity index (χ0) is 14.0. The van der Waals surface area contributed by atoms with E-state index in [1.165, 1.54) is 6.07 Å². The maximum Gasteiger partial charge on any atom is 0.263 e. The normalized spacial score (nSPS) is 12.2. The molecule has 6 heteroatoms. The quantitative estimate of drug-likeness (QED) is 0.907. The van der Waals surface area contributed by atoms with E-state index in [-0.39, 0.29) is 11.7 Å². The first-order valence-electron chi connectivity index (χ1n) is 5.77. The minimum Gasteiger partial charge on any atom is -0.375 e. The molecule has 0 saturated carbocycles. The molecule has 2 aromatic rings. The summed E-state index contributed by atoms with van der Waals surface area (Å²) in [5.74, 6) is -0.627. The van der Waals surface area contributed by atoms with Crippen LogP contribution in [0.25, 0.3) is 0 Å². The Hall–Kier alpha value is -1.95. The zero-order valence-corrected chi connectivity index (χ0v) is 11.4. The van der Waals surface area contributed by atoms with Crippen molar-refractivity contribution in [2.75, 3.05) is 5.73 Å². The SMILES string of the molecule is Cc1nc(N)sc1C(=O)NC(C)c1ccccc1F. The Morgan fingerprint density at radius 3 is 2.74 bits per heavy atom. The largest absolute Gasteiger partial charge is 0.375 e. The van der Waals surface area contributed by atoms with Crippen LogP contribution >= 0.6 is 11.3 Å². The summed E-state index contributed by atoms with van der Waals surface area (Å²) in [6, 6.07) is 5.94. The molecule has 0 fully saturated rings. The number of rotatable bonds is 3. The van der Waals surface area contributed by atoms with E-state index in [1.807, 2.05) is 0 Å². The molecular weight excluding hydrogens is 265 g/mol. The van der Waals surface area contributed by atoms with E-state index in [0.29, 0.717) is 21.3 Å². The van der Waals surface area contributed by atoms with Gasteiger partial charge in [0.15, 0.2) is 5.13 Å². The van der Waals surface area contributed by atoms with E-state index < -0.39 is 6.04 Å². The van der Waals surface area contributed by atoms with Crippen LogP contribution in [0.2, 0.25) is 0 Å². The van der Waals surface area contributed by atoms with Gasteiger partial charge in [-0.3, -0.25) is 4.79 Å². The number of nitrogens with two attached hydrogens (primary N) is 1. The Kier molecular flexibility index (Phi) is 3.80. The van der Waals surface area contributed by atoms with Crippen LogP contribution in [0, 0.1) is 12.7 Å². The van der Waals surface area contributed by atoms with Crippen LogP contribution in [-0.4, -0.2) is 10.9 Å². The summed E-state index contributed by atoms with van der Waals surface area (Å²) in [5, 5.41) is 3.09. The maximum atomic E-state index is 13.6. The molecular formula is C13H14FN3OS. The van der Waals surface area contributed by atoms with Crippen LogP contribution in [0.4, 0.5) is 9.52 Å². The van der Waals surface area contributed by atoms with Crippen molar-refractivity contribution in [1.29, 1.82) is 0 Å². The van der Waals surface area contributed by atoms with Crippen molar-refractivity contribution in [3.05, 3.63) is 46.2 Å². The van der Waals surface area contributed by atoms with E-state index in [1.54, 1.807) is 32.0 Å². The Morgan fingerprint density at radius 1 is 1.47 bits per heavy atom. The lowest BCUT2D eigenvalue weighted by molar-refractivity contribution is 0.0942. The Labute approximate surface area is 114 Å². The number of nitrogen functional groups attached to an aromatic ring is 1. The molecule has 1 aromatic heterocycles. The van der Waals surface area contributed by atoms with Gasteiger partial charge in [0.1, 0.15) is 10.7 Å². The number of aromatic nitrogens is 1. The summed E-state index contributed by atoms with van der Waals surface area (Å²) in [6.45, 7) is 3.45. The monoisotopic (exact) mass is 279 g/mol. The van der Waals surface area contributed by atoms with Gasteiger partial charge in [-0.2, -0.15) is 0 Å². The number of nitrogens with zero attached hydrogens (tertiary/aromatic N) is 1. The van der Waals surface area contributed by atoms with Crippen molar-refractivity contribution < 1.29 is 9.18 Å². The minimum absolute atomic E-state index is 0.289. The van der Waals surface area contributed by atoms with Gasteiger partial charge in [-0.25, -0.2) is 9.37 Å². The van der Waals surface area contributed by atoms with Gasteiger partial charge in [0.05, 0.1) is 11.7 Å². The third-order valence-corrected chi connectivity index (χ3v) is 3.72. The van der Waals surface area contributed by atoms with Crippen LogP contribution in [0.3, 0.4) is 0 Å². The molecule has 1 heterocycles. The molecule has 1 aromatic carbocycles. The molecule has 3 N–H and O–H groups in total. The highest BCUT2D eigenvalue weighted by Crippen LogP contribution is 2.22. The molecule has 1 unspecified atom stereocenters. The number of anilines is 1. The van der Waals surface area contributed by atoms with Gasteiger partial charge in [-0.1, -0.05) is 29.5 Å². The van der Waals surface area contributed by atoms with E-state index in [9.17, 15) is 9.18 Å². The number of thiazole rings is 1. The lowest BCUT2D eigenvalue weighted by Gasteiger charge is -2.14. The summed E-state index contributed by atoms with van der Waals surface area (Å²) >= 11 is 1.12. The first-order valence-corrected chi connectivity index (χ1v) is 6.59. The number of halogens is 1. The van der Waals surface area contributed by atoms with Crippen LogP contribution in [0.5, 0.6) is 0 Å². The second-order valence-electron chi connectivity index (χ2n) is 4.18. The number of carbonyl (C=O) groups is 1. The van der Waals surface area contributed by atoms with Crippen molar-refractivity contribution in [3.8, 4) is 0 Å². The molecule has 19 heavy (non-hydrogen) atoms. The lowest BCUT2D eigenvalue weighted by atomic mass is 10.1. The minimum atomic E-state index is -0.420. The van der Waals surface area contributed by atoms with Crippen LogP contribution in [0.1, 0.15) is 33.9 Å². The highest BCUT2D eigenvalue weighted by Gasteiger charge is 2.18. The third kappa shape index (κ3) is 2.90. The summed E-state index contributed by atoms with van der Waals surface area (Å²) in [4.78, 5) is 16.5. The molecule has 4 nitrogen and oxygen atoms in total. The maximum absolute atomic E-state index is 13.6. The lowest BCUT2D eigenvalue weighted by Crippen LogP contribution is -2.27. The fraction of sp³-hybridized carbons (Fsp3) is 0.231. The fourth-order valence-electron chi connectivity index (χ4n) is 1.79. The van der Waals surface area contributed by atoms with E-state index in [0.717, 1.165) is 11.3 Å². The predicted octanol–water partition coefficient (Wildman–Crippen LogP) is 2.66. The van der Waals surface area contributed by atoms with Crippen molar-refractivity contribution in [2.24, 2.45) is 0 Å². The van der Waals surface area contributed by atoms with Gasteiger partial charge in [0.25, 0.3) is 5.91 Å². The third-order valence-electron chi connectivity index (χ3n) is 2.74. The molecule has 0 radical (unpaired) electrons. The smallest absolute Gasteiger partial charge is 0.263 e. The summed E-state index contributed by atoms with van der Waals surface area (Å²) in [6.07, 6.45) is 0. The highest BCUT2D eigenvalue weighted by molar-refractivity contribution is 7.17. The second-order valence-corrected chi connectivity index (χ2v) is 5.21. The molecule has 1 atom stereocenters.